The fourth-order valence-electron chi connectivity index (χ4n) is 1.21. The Kier molecular flexibility index (Phi) is 4.62. The molecule has 3 nitrogen and oxygen atoms in total. The molecule has 0 aliphatic heterocycles. The van der Waals surface area contributed by atoms with Gasteiger partial charge in [-0.2, -0.15) is 0 Å². The zero-order valence-electron chi connectivity index (χ0n) is 8.72. The fraction of sp³-hybridized carbons (Fsp3) is 0.364. The second-order valence-corrected chi connectivity index (χ2v) is 4.08. The topological polar surface area (TPSA) is 59.1 Å². The summed E-state index contributed by atoms with van der Waals surface area (Å²) in [5, 5.41) is 7.47. The Morgan fingerprint density at radius 1 is 1.53 bits per heavy atom. The molecule has 1 aromatic carbocycles. The zero-order chi connectivity index (χ0) is 11.3. The quantitative estimate of drug-likeness (QED) is 0.491. The van der Waals surface area contributed by atoms with Crippen molar-refractivity contribution in [2.75, 3.05) is 6.61 Å². The number of ether oxygens (including phenoxy) is 1. The first kappa shape index (κ1) is 12.0. The number of amidine groups is 1. The van der Waals surface area contributed by atoms with Gasteiger partial charge >= 0.3 is 0 Å². The highest BCUT2D eigenvalue weighted by molar-refractivity contribution is 9.10. The first-order valence-corrected chi connectivity index (χ1v) is 5.71. The number of nitrogens with one attached hydrogen (secondary N) is 1. The van der Waals surface area contributed by atoms with E-state index in [-0.39, 0.29) is 5.84 Å². The van der Waals surface area contributed by atoms with E-state index in [4.69, 9.17) is 15.9 Å². The lowest BCUT2D eigenvalue weighted by atomic mass is 10.2. The molecule has 15 heavy (non-hydrogen) atoms. The SMILES string of the molecule is CCCCOc1cccc(Br)c1C(=N)N. The average molecular weight is 271 g/mol. The van der Waals surface area contributed by atoms with Gasteiger partial charge in [0.15, 0.2) is 0 Å². The van der Waals surface area contributed by atoms with E-state index in [0.29, 0.717) is 17.9 Å². The van der Waals surface area contributed by atoms with Crippen LogP contribution in [0, 0.1) is 5.41 Å². The van der Waals surface area contributed by atoms with Crippen molar-refractivity contribution in [1.29, 1.82) is 5.41 Å². The minimum absolute atomic E-state index is 0.0222. The largest absolute Gasteiger partial charge is 0.493 e. The summed E-state index contributed by atoms with van der Waals surface area (Å²) in [5.41, 5.74) is 6.13. The van der Waals surface area contributed by atoms with Crippen molar-refractivity contribution in [1.82, 2.24) is 0 Å². The smallest absolute Gasteiger partial charge is 0.131 e. The molecule has 0 aromatic heterocycles. The van der Waals surface area contributed by atoms with Gasteiger partial charge in [-0.3, -0.25) is 5.41 Å². The maximum absolute atomic E-state index is 7.47. The summed E-state index contributed by atoms with van der Waals surface area (Å²) in [6.45, 7) is 2.77. The van der Waals surface area contributed by atoms with Crippen LogP contribution < -0.4 is 10.5 Å². The van der Waals surface area contributed by atoms with Crippen molar-refractivity contribution in [2.45, 2.75) is 19.8 Å². The second kappa shape index (κ2) is 5.75. The maximum Gasteiger partial charge on any atom is 0.131 e. The van der Waals surface area contributed by atoms with Gasteiger partial charge in [0.1, 0.15) is 11.6 Å². The van der Waals surface area contributed by atoms with Crippen LogP contribution in [0.15, 0.2) is 22.7 Å². The van der Waals surface area contributed by atoms with Crippen molar-refractivity contribution >= 4 is 21.8 Å². The van der Waals surface area contributed by atoms with Gasteiger partial charge in [0.05, 0.1) is 12.2 Å². The summed E-state index contributed by atoms with van der Waals surface area (Å²) < 4.78 is 6.36. The Balaban J connectivity index is 2.86. The highest BCUT2D eigenvalue weighted by Crippen LogP contribution is 2.26. The lowest BCUT2D eigenvalue weighted by molar-refractivity contribution is 0.308. The van der Waals surface area contributed by atoms with E-state index in [1.165, 1.54) is 0 Å². The van der Waals surface area contributed by atoms with Gasteiger partial charge in [0, 0.05) is 4.47 Å². The third kappa shape index (κ3) is 3.23. The molecule has 0 radical (unpaired) electrons. The summed E-state index contributed by atoms with van der Waals surface area (Å²) in [4.78, 5) is 0. The normalized spacial score (nSPS) is 10.0. The lowest BCUT2D eigenvalue weighted by Crippen LogP contribution is -2.14. The number of nitrogen functional groups attached to an aromatic ring is 1. The molecular weight excluding hydrogens is 256 g/mol. The molecule has 0 amide bonds. The third-order valence-electron chi connectivity index (χ3n) is 2.00. The molecule has 0 aliphatic rings. The van der Waals surface area contributed by atoms with Crippen LogP contribution in [-0.2, 0) is 0 Å². The number of hydrogen-bond acceptors (Lipinski definition) is 2. The predicted octanol–water partition coefficient (Wildman–Crippen LogP) is 2.91. The molecular formula is C11H15BrN2O. The van der Waals surface area contributed by atoms with E-state index in [1.54, 1.807) is 0 Å². The highest BCUT2D eigenvalue weighted by atomic mass is 79.9. The number of nitrogens with two attached hydrogens (primary N) is 1. The minimum atomic E-state index is 0.0222. The van der Waals surface area contributed by atoms with Crippen LogP contribution in [0.1, 0.15) is 25.3 Å². The lowest BCUT2D eigenvalue weighted by Gasteiger charge is -2.11. The molecule has 0 bridgehead atoms. The third-order valence-corrected chi connectivity index (χ3v) is 2.66. The van der Waals surface area contributed by atoms with E-state index in [2.05, 4.69) is 22.9 Å². The number of rotatable bonds is 5. The standard InChI is InChI=1S/C11H15BrN2O/c1-2-3-7-15-9-6-4-5-8(12)10(9)11(13)14/h4-6H,2-3,7H2,1H3,(H3,13,14). The van der Waals surface area contributed by atoms with Crippen molar-refractivity contribution in [3.63, 3.8) is 0 Å². The molecule has 82 valence electrons. The first-order valence-electron chi connectivity index (χ1n) is 4.92. The van der Waals surface area contributed by atoms with Gasteiger partial charge in [-0.15, -0.1) is 0 Å². The Hall–Kier alpha value is -1.03. The second-order valence-electron chi connectivity index (χ2n) is 3.23. The van der Waals surface area contributed by atoms with E-state index in [9.17, 15) is 0 Å². The monoisotopic (exact) mass is 270 g/mol. The predicted molar refractivity (Wildman–Crippen MR) is 65.6 cm³/mol. The van der Waals surface area contributed by atoms with E-state index in [1.807, 2.05) is 18.2 Å². The molecule has 1 rings (SSSR count). The fourth-order valence-corrected chi connectivity index (χ4v) is 1.77. The van der Waals surface area contributed by atoms with E-state index in [0.717, 1.165) is 17.3 Å². The molecule has 0 saturated carbocycles. The maximum atomic E-state index is 7.47. The van der Waals surface area contributed by atoms with Gasteiger partial charge in [0.25, 0.3) is 0 Å². The number of benzene rings is 1. The Morgan fingerprint density at radius 3 is 2.87 bits per heavy atom. The van der Waals surface area contributed by atoms with Crippen molar-refractivity contribution in [3.05, 3.63) is 28.2 Å². The van der Waals surface area contributed by atoms with Crippen LogP contribution in [0.5, 0.6) is 5.75 Å². The van der Waals surface area contributed by atoms with Gasteiger partial charge in [-0.25, -0.2) is 0 Å². The molecule has 4 heteroatoms. The van der Waals surface area contributed by atoms with Crippen LogP contribution >= 0.6 is 15.9 Å². The number of halogens is 1. The molecule has 0 aliphatic carbocycles. The molecule has 0 saturated heterocycles. The molecule has 0 heterocycles. The van der Waals surface area contributed by atoms with Crippen molar-refractivity contribution in [3.8, 4) is 5.75 Å². The molecule has 0 unspecified atom stereocenters. The first-order chi connectivity index (χ1) is 7.16. The van der Waals surface area contributed by atoms with Gasteiger partial charge in [0.2, 0.25) is 0 Å². The van der Waals surface area contributed by atoms with Crippen LogP contribution in [-0.4, -0.2) is 12.4 Å². The summed E-state index contributed by atoms with van der Waals surface area (Å²) in [6, 6.07) is 5.55. The summed E-state index contributed by atoms with van der Waals surface area (Å²) >= 11 is 3.36. The van der Waals surface area contributed by atoms with Gasteiger partial charge < -0.3 is 10.5 Å². The van der Waals surface area contributed by atoms with E-state index >= 15 is 0 Å². The van der Waals surface area contributed by atoms with Crippen LogP contribution in [0.25, 0.3) is 0 Å². The Labute approximate surface area is 98.3 Å². The zero-order valence-corrected chi connectivity index (χ0v) is 10.3. The van der Waals surface area contributed by atoms with Crippen LogP contribution in [0.2, 0.25) is 0 Å². The Morgan fingerprint density at radius 2 is 2.27 bits per heavy atom. The van der Waals surface area contributed by atoms with Crippen LogP contribution in [0.3, 0.4) is 0 Å². The van der Waals surface area contributed by atoms with Crippen LogP contribution in [0.4, 0.5) is 0 Å². The molecule has 1 aromatic rings. The van der Waals surface area contributed by atoms with E-state index < -0.39 is 0 Å². The molecule has 0 fully saturated rings. The molecule has 3 N–H and O–H groups in total. The van der Waals surface area contributed by atoms with Gasteiger partial charge in [-0.05, 0) is 34.5 Å². The number of unbranched alkanes of at least 4 members (excludes halogenated alkanes) is 1. The number of hydrogen-bond donors (Lipinski definition) is 2. The molecule has 0 spiro atoms. The average Bonchev–Trinajstić information content (AvgIpc) is 2.17. The van der Waals surface area contributed by atoms with Crippen molar-refractivity contribution < 1.29 is 4.74 Å². The summed E-state index contributed by atoms with van der Waals surface area (Å²) in [5.74, 6) is 0.694. The van der Waals surface area contributed by atoms with Gasteiger partial charge in [-0.1, -0.05) is 19.4 Å². The minimum Gasteiger partial charge on any atom is -0.493 e. The Bertz CT molecular complexity index is 352. The molecule has 0 atom stereocenters. The highest BCUT2D eigenvalue weighted by Gasteiger charge is 2.10. The summed E-state index contributed by atoms with van der Waals surface area (Å²) in [6.07, 6.45) is 2.09. The van der Waals surface area contributed by atoms with Crippen molar-refractivity contribution in [2.24, 2.45) is 5.73 Å². The summed E-state index contributed by atoms with van der Waals surface area (Å²) in [7, 11) is 0.